The minimum Gasteiger partial charge on any atom is -0.493 e. The Labute approximate surface area is 110 Å². The molecule has 1 rings (SSSR count). The molecule has 3 heteroatoms. The van der Waals surface area contributed by atoms with Gasteiger partial charge in [0, 0.05) is 18.0 Å². The van der Waals surface area contributed by atoms with Gasteiger partial charge in [-0.3, -0.25) is 0 Å². The smallest absolute Gasteiger partial charge is 0.120 e. The fourth-order valence-electron chi connectivity index (χ4n) is 1.43. The zero-order chi connectivity index (χ0) is 13.6. The molecule has 0 bridgehead atoms. The molecule has 3 nitrogen and oxygen atoms in total. The van der Waals surface area contributed by atoms with E-state index in [2.05, 4.69) is 39.1 Å². The van der Waals surface area contributed by atoms with E-state index in [1.165, 1.54) is 0 Å². The number of rotatable bonds is 5. The van der Waals surface area contributed by atoms with Crippen molar-refractivity contribution in [3.63, 3.8) is 0 Å². The van der Waals surface area contributed by atoms with Crippen LogP contribution in [0.4, 0.5) is 0 Å². The molecule has 0 aliphatic heterocycles. The summed E-state index contributed by atoms with van der Waals surface area (Å²) in [6.07, 6.45) is 0. The number of hydrogen-bond donors (Lipinski definition) is 1. The summed E-state index contributed by atoms with van der Waals surface area (Å²) in [5.74, 6) is 1.19. The summed E-state index contributed by atoms with van der Waals surface area (Å²) in [6, 6.07) is 9.37. The van der Waals surface area contributed by atoms with Crippen LogP contribution in [0.3, 0.4) is 0 Å². The topological polar surface area (TPSA) is 45.0 Å². The Morgan fingerprint density at radius 2 is 2.11 bits per heavy atom. The van der Waals surface area contributed by atoms with Gasteiger partial charge in [0.15, 0.2) is 0 Å². The Hall–Kier alpha value is -1.53. The number of nitrogens with one attached hydrogen (secondary N) is 1. The van der Waals surface area contributed by atoms with Crippen LogP contribution in [-0.2, 0) is 0 Å². The van der Waals surface area contributed by atoms with Crippen molar-refractivity contribution >= 4 is 0 Å². The molecule has 0 amide bonds. The maximum Gasteiger partial charge on any atom is 0.120 e. The first-order chi connectivity index (χ1) is 8.40. The lowest BCUT2D eigenvalue weighted by Gasteiger charge is -2.23. The lowest BCUT2D eigenvalue weighted by molar-refractivity contribution is 0.244. The third-order valence-electron chi connectivity index (χ3n) is 2.48. The van der Waals surface area contributed by atoms with Crippen LogP contribution in [0.1, 0.15) is 33.3 Å². The summed E-state index contributed by atoms with van der Waals surface area (Å²) in [7, 11) is 0. The quantitative estimate of drug-likeness (QED) is 0.868. The molecule has 0 aliphatic rings. The van der Waals surface area contributed by atoms with Gasteiger partial charge in [-0.25, -0.2) is 0 Å². The van der Waals surface area contributed by atoms with Gasteiger partial charge in [0.05, 0.1) is 18.2 Å². The molecular formula is C15H22N2O. The molecule has 0 spiro atoms. The van der Waals surface area contributed by atoms with Crippen LogP contribution in [0.5, 0.6) is 5.75 Å². The van der Waals surface area contributed by atoms with Crippen LogP contribution >= 0.6 is 0 Å². The summed E-state index contributed by atoms with van der Waals surface area (Å²) >= 11 is 0. The number of ether oxygens (including phenoxy) is 1. The van der Waals surface area contributed by atoms with E-state index >= 15 is 0 Å². The first-order valence-electron chi connectivity index (χ1n) is 6.29. The van der Waals surface area contributed by atoms with Crippen LogP contribution in [0.25, 0.3) is 0 Å². The Bertz CT molecular complexity index is 415. The Balaban J connectivity index is 2.38. The third-order valence-corrected chi connectivity index (χ3v) is 2.48. The maximum atomic E-state index is 8.80. The zero-order valence-electron chi connectivity index (χ0n) is 11.7. The zero-order valence-corrected chi connectivity index (χ0v) is 11.7. The molecule has 1 aromatic carbocycles. The average molecular weight is 246 g/mol. The molecule has 0 aromatic heterocycles. The van der Waals surface area contributed by atoms with Crippen LogP contribution in [0.2, 0.25) is 0 Å². The van der Waals surface area contributed by atoms with Gasteiger partial charge in [-0.15, -0.1) is 0 Å². The van der Waals surface area contributed by atoms with Crippen molar-refractivity contribution in [2.24, 2.45) is 5.92 Å². The number of hydrogen-bond acceptors (Lipinski definition) is 3. The summed E-state index contributed by atoms with van der Waals surface area (Å²) in [5, 5.41) is 12.2. The predicted molar refractivity (Wildman–Crippen MR) is 73.6 cm³/mol. The van der Waals surface area contributed by atoms with E-state index in [0.29, 0.717) is 18.1 Å². The van der Waals surface area contributed by atoms with Gasteiger partial charge in [0.1, 0.15) is 5.75 Å². The second-order valence-electron chi connectivity index (χ2n) is 5.69. The Kier molecular flexibility index (Phi) is 5.18. The second kappa shape index (κ2) is 6.42. The van der Waals surface area contributed by atoms with Gasteiger partial charge in [0.25, 0.3) is 0 Å². The highest BCUT2D eigenvalue weighted by Gasteiger charge is 2.11. The summed E-state index contributed by atoms with van der Waals surface area (Å²) in [5.41, 5.74) is 0.766. The molecule has 0 fully saturated rings. The molecule has 0 aliphatic carbocycles. The van der Waals surface area contributed by atoms with E-state index in [9.17, 15) is 0 Å². The van der Waals surface area contributed by atoms with E-state index in [4.69, 9.17) is 10.00 Å². The average Bonchev–Trinajstić information content (AvgIpc) is 2.33. The number of nitriles is 1. The van der Waals surface area contributed by atoms with Crippen molar-refractivity contribution in [1.82, 2.24) is 5.32 Å². The first kappa shape index (κ1) is 14.5. The van der Waals surface area contributed by atoms with Gasteiger partial charge in [0.2, 0.25) is 0 Å². The molecule has 0 heterocycles. The van der Waals surface area contributed by atoms with E-state index < -0.39 is 0 Å². The lowest BCUT2D eigenvalue weighted by atomic mass is 10.1. The van der Waals surface area contributed by atoms with E-state index in [0.717, 1.165) is 12.3 Å². The Morgan fingerprint density at radius 1 is 1.39 bits per heavy atom. The van der Waals surface area contributed by atoms with Crippen molar-refractivity contribution in [3.8, 4) is 11.8 Å². The standard InChI is InChI=1S/C15H22N2O/c1-12(10-17-15(2,3)4)11-18-14-7-5-6-13(8-14)9-16/h5-8,12,17H,10-11H2,1-4H3. The predicted octanol–water partition coefficient (Wildman–Crippen LogP) is 2.96. The summed E-state index contributed by atoms with van der Waals surface area (Å²) in [4.78, 5) is 0. The van der Waals surface area contributed by atoms with Crippen LogP contribution in [0.15, 0.2) is 24.3 Å². The van der Waals surface area contributed by atoms with Crippen LogP contribution in [0, 0.1) is 17.2 Å². The van der Waals surface area contributed by atoms with Crippen LogP contribution < -0.4 is 10.1 Å². The van der Waals surface area contributed by atoms with Crippen LogP contribution in [-0.4, -0.2) is 18.7 Å². The molecule has 1 unspecified atom stereocenters. The van der Waals surface area contributed by atoms with Gasteiger partial charge in [-0.2, -0.15) is 5.26 Å². The molecular weight excluding hydrogens is 224 g/mol. The van der Waals surface area contributed by atoms with Gasteiger partial charge >= 0.3 is 0 Å². The lowest BCUT2D eigenvalue weighted by Crippen LogP contribution is -2.39. The highest BCUT2D eigenvalue weighted by molar-refractivity contribution is 5.36. The van der Waals surface area contributed by atoms with E-state index in [1.807, 2.05) is 12.1 Å². The van der Waals surface area contributed by atoms with Gasteiger partial charge in [-0.1, -0.05) is 13.0 Å². The minimum atomic E-state index is 0.134. The SMILES string of the molecule is CC(CNC(C)(C)C)COc1cccc(C#N)c1. The molecule has 0 saturated heterocycles. The fourth-order valence-corrected chi connectivity index (χ4v) is 1.43. The first-order valence-corrected chi connectivity index (χ1v) is 6.29. The number of benzene rings is 1. The molecule has 1 aromatic rings. The summed E-state index contributed by atoms with van der Waals surface area (Å²) in [6.45, 7) is 10.2. The number of nitrogens with zero attached hydrogens (tertiary/aromatic N) is 1. The molecule has 18 heavy (non-hydrogen) atoms. The largest absolute Gasteiger partial charge is 0.493 e. The monoisotopic (exact) mass is 246 g/mol. The third kappa shape index (κ3) is 5.70. The van der Waals surface area contributed by atoms with Gasteiger partial charge < -0.3 is 10.1 Å². The Morgan fingerprint density at radius 3 is 2.72 bits per heavy atom. The van der Waals surface area contributed by atoms with Gasteiger partial charge in [-0.05, 0) is 39.0 Å². The van der Waals surface area contributed by atoms with Crippen molar-refractivity contribution in [2.45, 2.75) is 33.2 Å². The highest BCUT2D eigenvalue weighted by Crippen LogP contribution is 2.13. The molecule has 1 N–H and O–H groups in total. The van der Waals surface area contributed by atoms with Crippen molar-refractivity contribution in [2.75, 3.05) is 13.2 Å². The highest BCUT2D eigenvalue weighted by atomic mass is 16.5. The van der Waals surface area contributed by atoms with Crippen molar-refractivity contribution < 1.29 is 4.74 Å². The van der Waals surface area contributed by atoms with Crippen molar-refractivity contribution in [3.05, 3.63) is 29.8 Å². The molecule has 0 radical (unpaired) electrons. The second-order valence-corrected chi connectivity index (χ2v) is 5.69. The fraction of sp³-hybridized carbons (Fsp3) is 0.533. The van der Waals surface area contributed by atoms with E-state index in [1.54, 1.807) is 12.1 Å². The molecule has 0 saturated carbocycles. The van der Waals surface area contributed by atoms with Crippen molar-refractivity contribution in [1.29, 1.82) is 5.26 Å². The summed E-state index contributed by atoms with van der Waals surface area (Å²) < 4.78 is 5.68. The molecule has 1 atom stereocenters. The minimum absolute atomic E-state index is 0.134. The van der Waals surface area contributed by atoms with E-state index in [-0.39, 0.29) is 5.54 Å². The normalized spacial score (nSPS) is 12.8. The molecule has 98 valence electrons. The maximum absolute atomic E-state index is 8.80.